The molecule has 3 rings (SSSR count). The maximum absolute atomic E-state index is 4.59. The van der Waals surface area contributed by atoms with Gasteiger partial charge in [-0.05, 0) is 29.8 Å². The van der Waals surface area contributed by atoms with Crippen LogP contribution in [0.15, 0.2) is 48.0 Å². The minimum absolute atomic E-state index is 1.07. The normalized spacial score (nSPS) is 11.4. The molecule has 0 N–H and O–H groups in total. The number of para-hydroxylation sites is 1. The molecule has 1 aromatic carbocycles. The maximum Gasteiger partial charge on any atom is 0.0716 e. The summed E-state index contributed by atoms with van der Waals surface area (Å²) in [5.74, 6) is 4.30. The van der Waals surface area contributed by atoms with Crippen LogP contribution in [-0.2, 0) is 0 Å². The van der Waals surface area contributed by atoms with Gasteiger partial charge in [-0.15, -0.1) is 0 Å². The van der Waals surface area contributed by atoms with E-state index in [2.05, 4.69) is 40.8 Å². The van der Waals surface area contributed by atoms with Gasteiger partial charge in [-0.2, -0.15) is 0 Å². The molecule has 0 saturated carbocycles. The molecule has 0 aliphatic rings. The van der Waals surface area contributed by atoms with E-state index in [0.717, 1.165) is 11.0 Å². The topological polar surface area (TPSA) is 12.9 Å². The van der Waals surface area contributed by atoms with Crippen molar-refractivity contribution in [2.24, 2.45) is 0 Å². The average molecular weight is 197 g/mol. The van der Waals surface area contributed by atoms with Crippen molar-refractivity contribution in [3.8, 4) is 0 Å². The maximum atomic E-state index is 4.59. The summed E-state index contributed by atoms with van der Waals surface area (Å²) in [4.78, 5) is 4.59. The Morgan fingerprint density at radius 3 is 2.79 bits per heavy atom. The highest BCUT2D eigenvalue weighted by Crippen LogP contribution is 2.21. The second-order valence-electron chi connectivity index (χ2n) is 3.25. The molecule has 0 spiro atoms. The fraction of sp³-hybridized carbons (Fsp3) is 0. The first kappa shape index (κ1) is 7.90. The van der Waals surface area contributed by atoms with Gasteiger partial charge in [0.2, 0.25) is 0 Å². The van der Waals surface area contributed by atoms with Gasteiger partial charge in [0.05, 0.1) is 11.0 Å². The number of aromatic nitrogens is 1. The fourth-order valence-electron chi connectivity index (χ4n) is 1.62. The zero-order valence-electron chi connectivity index (χ0n) is 7.51. The molecule has 0 aliphatic heterocycles. The Labute approximate surface area is 83.5 Å². The SMILES string of the molecule is c1ccc2nc3ccpcc3cc2c1. The summed E-state index contributed by atoms with van der Waals surface area (Å²) in [6.45, 7) is 0. The van der Waals surface area contributed by atoms with Gasteiger partial charge < -0.3 is 0 Å². The van der Waals surface area contributed by atoms with Crippen LogP contribution < -0.4 is 0 Å². The van der Waals surface area contributed by atoms with Crippen LogP contribution in [0, 0.1) is 0 Å². The first-order chi connectivity index (χ1) is 6.93. The largest absolute Gasteiger partial charge is 0.248 e. The van der Waals surface area contributed by atoms with Crippen LogP contribution in [0.1, 0.15) is 0 Å². The Balaban J connectivity index is 2.52. The standard InChI is InChI=1S/C12H8NP/c1-2-4-11-9(3-1)7-10-8-14-6-5-12(10)13-11/h1-8H. The number of pyridine rings is 1. The van der Waals surface area contributed by atoms with Crippen LogP contribution in [-0.4, -0.2) is 4.98 Å². The predicted octanol–water partition coefficient (Wildman–Crippen LogP) is 3.97. The molecule has 0 radical (unpaired) electrons. The molecule has 2 heterocycles. The molecule has 66 valence electrons. The number of fused-ring (bicyclic) bond motifs is 2. The molecule has 3 aromatic rings. The van der Waals surface area contributed by atoms with Crippen molar-refractivity contribution in [3.05, 3.63) is 48.0 Å². The van der Waals surface area contributed by atoms with E-state index in [0.29, 0.717) is 0 Å². The summed E-state index contributed by atoms with van der Waals surface area (Å²) in [6.07, 6.45) is 0. The number of benzene rings is 1. The predicted molar refractivity (Wildman–Crippen MR) is 61.8 cm³/mol. The van der Waals surface area contributed by atoms with Gasteiger partial charge in [0.25, 0.3) is 0 Å². The Kier molecular flexibility index (Phi) is 1.71. The van der Waals surface area contributed by atoms with E-state index in [-0.39, 0.29) is 0 Å². The minimum Gasteiger partial charge on any atom is -0.248 e. The zero-order chi connectivity index (χ0) is 9.38. The lowest BCUT2D eigenvalue weighted by atomic mass is 10.2. The van der Waals surface area contributed by atoms with E-state index >= 15 is 0 Å². The molecule has 2 heteroatoms. The van der Waals surface area contributed by atoms with Crippen molar-refractivity contribution in [2.75, 3.05) is 0 Å². The summed E-state index contributed by atoms with van der Waals surface area (Å²) in [7, 11) is 1.25. The van der Waals surface area contributed by atoms with Crippen molar-refractivity contribution >= 4 is 30.0 Å². The molecule has 0 fully saturated rings. The van der Waals surface area contributed by atoms with Crippen LogP contribution in [0.25, 0.3) is 21.8 Å². The molecule has 0 amide bonds. The molecular weight excluding hydrogens is 189 g/mol. The Hall–Kier alpha value is -1.46. The highest BCUT2D eigenvalue weighted by atomic mass is 31.0. The number of nitrogens with zero attached hydrogens (tertiary/aromatic N) is 1. The van der Waals surface area contributed by atoms with E-state index in [9.17, 15) is 0 Å². The quantitative estimate of drug-likeness (QED) is 0.497. The number of hydrogen-bond donors (Lipinski definition) is 0. The van der Waals surface area contributed by atoms with Crippen LogP contribution in [0.2, 0.25) is 0 Å². The van der Waals surface area contributed by atoms with E-state index < -0.39 is 0 Å². The van der Waals surface area contributed by atoms with E-state index in [1.54, 1.807) is 0 Å². The lowest BCUT2D eigenvalue weighted by Gasteiger charge is -1.99. The van der Waals surface area contributed by atoms with Crippen molar-refractivity contribution in [3.63, 3.8) is 0 Å². The summed E-state index contributed by atoms with van der Waals surface area (Å²) >= 11 is 0. The Bertz CT molecular complexity index is 499. The third kappa shape index (κ3) is 1.18. The second-order valence-corrected chi connectivity index (χ2v) is 4.10. The molecule has 0 bridgehead atoms. The van der Waals surface area contributed by atoms with E-state index in [4.69, 9.17) is 0 Å². The summed E-state index contributed by atoms with van der Waals surface area (Å²) in [5.41, 5.74) is 2.16. The van der Waals surface area contributed by atoms with E-state index in [1.807, 2.05) is 12.1 Å². The van der Waals surface area contributed by atoms with Gasteiger partial charge in [0.15, 0.2) is 0 Å². The average Bonchev–Trinajstić information content (AvgIpc) is 2.26. The number of hydrogen-bond acceptors (Lipinski definition) is 1. The van der Waals surface area contributed by atoms with Gasteiger partial charge >= 0.3 is 0 Å². The monoisotopic (exact) mass is 197 g/mol. The van der Waals surface area contributed by atoms with Gasteiger partial charge in [-0.25, -0.2) is 4.98 Å². The highest BCUT2D eigenvalue weighted by molar-refractivity contribution is 7.28. The van der Waals surface area contributed by atoms with E-state index in [1.165, 1.54) is 19.0 Å². The molecule has 0 aliphatic carbocycles. The molecule has 0 unspecified atom stereocenters. The highest BCUT2D eigenvalue weighted by Gasteiger charge is 1.96. The molecule has 0 atom stereocenters. The first-order valence-electron chi connectivity index (χ1n) is 4.53. The fourth-order valence-corrected chi connectivity index (χ4v) is 2.30. The third-order valence-corrected chi connectivity index (χ3v) is 3.06. The molecule has 0 saturated heterocycles. The zero-order valence-corrected chi connectivity index (χ0v) is 8.41. The van der Waals surface area contributed by atoms with Gasteiger partial charge in [0.1, 0.15) is 0 Å². The first-order valence-corrected chi connectivity index (χ1v) is 5.56. The van der Waals surface area contributed by atoms with Crippen LogP contribution in [0.3, 0.4) is 0 Å². The van der Waals surface area contributed by atoms with Gasteiger partial charge in [-0.3, -0.25) is 0 Å². The third-order valence-electron chi connectivity index (χ3n) is 2.32. The summed E-state index contributed by atoms with van der Waals surface area (Å²) in [6, 6.07) is 12.5. The van der Waals surface area contributed by atoms with Crippen molar-refractivity contribution in [1.29, 1.82) is 0 Å². The second kappa shape index (κ2) is 3.04. The lowest BCUT2D eigenvalue weighted by Crippen LogP contribution is -1.79. The number of rotatable bonds is 0. The smallest absolute Gasteiger partial charge is 0.0716 e. The molecular formula is C12H8NP. The molecule has 14 heavy (non-hydrogen) atoms. The van der Waals surface area contributed by atoms with Crippen molar-refractivity contribution in [1.82, 2.24) is 4.98 Å². The van der Waals surface area contributed by atoms with Crippen molar-refractivity contribution in [2.45, 2.75) is 0 Å². The van der Waals surface area contributed by atoms with Gasteiger partial charge in [-0.1, -0.05) is 26.4 Å². The molecule has 1 nitrogen and oxygen atoms in total. The lowest BCUT2D eigenvalue weighted by molar-refractivity contribution is 1.51. The van der Waals surface area contributed by atoms with Gasteiger partial charge in [0, 0.05) is 10.8 Å². The minimum atomic E-state index is 1.07. The Morgan fingerprint density at radius 1 is 0.929 bits per heavy atom. The van der Waals surface area contributed by atoms with Crippen LogP contribution in [0.4, 0.5) is 0 Å². The molecule has 2 aromatic heterocycles. The van der Waals surface area contributed by atoms with Crippen molar-refractivity contribution < 1.29 is 0 Å². The summed E-state index contributed by atoms with van der Waals surface area (Å²) in [5, 5.41) is 2.46. The van der Waals surface area contributed by atoms with Crippen LogP contribution in [0.5, 0.6) is 0 Å². The Morgan fingerprint density at radius 2 is 1.79 bits per heavy atom. The van der Waals surface area contributed by atoms with Crippen LogP contribution >= 0.6 is 8.19 Å². The summed E-state index contributed by atoms with van der Waals surface area (Å²) < 4.78 is 0.